The van der Waals surface area contributed by atoms with E-state index >= 15 is 0 Å². The summed E-state index contributed by atoms with van der Waals surface area (Å²) in [7, 11) is 0. The molecular weight excluding hydrogens is 220 g/mol. The van der Waals surface area contributed by atoms with Gasteiger partial charge in [-0.1, -0.05) is 36.4 Å². The first kappa shape index (κ1) is 9.77. The van der Waals surface area contributed by atoms with E-state index in [1.807, 2.05) is 0 Å². The van der Waals surface area contributed by atoms with Crippen LogP contribution in [0.2, 0.25) is 0 Å². The van der Waals surface area contributed by atoms with Crippen LogP contribution in [-0.4, -0.2) is 4.98 Å². The Labute approximate surface area is 106 Å². The molecule has 0 spiro atoms. The maximum Gasteiger partial charge on any atom is 0.0704 e. The Morgan fingerprint density at radius 2 is 1.78 bits per heavy atom. The highest BCUT2D eigenvalue weighted by atomic mass is 15.0. The third kappa shape index (κ3) is 1.42. The third-order valence-corrected chi connectivity index (χ3v) is 3.70. The van der Waals surface area contributed by atoms with E-state index in [0.29, 0.717) is 6.04 Å². The summed E-state index contributed by atoms with van der Waals surface area (Å²) >= 11 is 0. The Morgan fingerprint density at radius 3 is 2.67 bits per heavy atom. The van der Waals surface area contributed by atoms with Crippen LogP contribution in [0, 0.1) is 0 Å². The molecule has 0 amide bonds. The molecule has 2 nitrogen and oxygen atoms in total. The fourth-order valence-corrected chi connectivity index (χ4v) is 2.77. The number of hydrogen-bond acceptors (Lipinski definition) is 1. The number of nitrogens with one attached hydrogen (secondary N) is 2. The smallest absolute Gasteiger partial charge is 0.0704 e. The number of fused-ring (bicyclic) bond motifs is 2. The van der Waals surface area contributed by atoms with Crippen molar-refractivity contribution in [2.24, 2.45) is 0 Å². The van der Waals surface area contributed by atoms with Crippen LogP contribution in [0.5, 0.6) is 0 Å². The monoisotopic (exact) mass is 234 g/mol. The van der Waals surface area contributed by atoms with Crippen molar-refractivity contribution in [3.05, 3.63) is 65.9 Å². The van der Waals surface area contributed by atoms with Gasteiger partial charge in [-0.15, -0.1) is 0 Å². The molecule has 0 saturated carbocycles. The van der Waals surface area contributed by atoms with E-state index in [2.05, 4.69) is 64.9 Å². The second kappa shape index (κ2) is 3.64. The summed E-state index contributed by atoms with van der Waals surface area (Å²) in [6.07, 6.45) is 1.06. The molecule has 0 bridgehead atoms. The molecule has 0 unspecified atom stereocenters. The molecular formula is C16H14N2. The number of rotatable bonds is 1. The Hall–Kier alpha value is -2.22. The van der Waals surface area contributed by atoms with Gasteiger partial charge in [-0.2, -0.15) is 0 Å². The van der Waals surface area contributed by atoms with Gasteiger partial charge in [-0.05, 0) is 29.1 Å². The Morgan fingerprint density at radius 1 is 0.944 bits per heavy atom. The number of aromatic amines is 1. The van der Waals surface area contributed by atoms with Gasteiger partial charge in [0.25, 0.3) is 0 Å². The molecule has 2 heterocycles. The Balaban J connectivity index is 1.73. The minimum atomic E-state index is 0.370. The van der Waals surface area contributed by atoms with Gasteiger partial charge < -0.3 is 10.3 Å². The lowest BCUT2D eigenvalue weighted by Crippen LogP contribution is -2.05. The molecule has 3 aromatic rings. The first-order valence-corrected chi connectivity index (χ1v) is 6.32. The molecule has 18 heavy (non-hydrogen) atoms. The van der Waals surface area contributed by atoms with Crippen LogP contribution in [0.1, 0.15) is 17.3 Å². The zero-order chi connectivity index (χ0) is 11.9. The molecule has 88 valence electrons. The van der Waals surface area contributed by atoms with Crippen molar-refractivity contribution >= 4 is 16.6 Å². The molecule has 2 heteroatoms. The highest BCUT2D eigenvalue weighted by Crippen LogP contribution is 2.34. The maximum absolute atomic E-state index is 3.58. The fraction of sp³-hybridized carbons (Fsp3) is 0.125. The van der Waals surface area contributed by atoms with Crippen LogP contribution in [0.15, 0.2) is 54.6 Å². The van der Waals surface area contributed by atoms with Crippen LogP contribution in [0.4, 0.5) is 5.69 Å². The topological polar surface area (TPSA) is 27.8 Å². The quantitative estimate of drug-likeness (QED) is 0.657. The molecule has 0 fully saturated rings. The van der Waals surface area contributed by atoms with Crippen LogP contribution in [0.25, 0.3) is 10.9 Å². The van der Waals surface area contributed by atoms with Gasteiger partial charge in [0, 0.05) is 23.3 Å². The maximum atomic E-state index is 3.58. The van der Waals surface area contributed by atoms with Gasteiger partial charge in [-0.25, -0.2) is 0 Å². The first-order valence-electron chi connectivity index (χ1n) is 6.32. The van der Waals surface area contributed by atoms with E-state index in [9.17, 15) is 0 Å². The fourth-order valence-electron chi connectivity index (χ4n) is 2.77. The predicted octanol–water partition coefficient (Wildman–Crippen LogP) is 3.88. The van der Waals surface area contributed by atoms with Gasteiger partial charge in [-0.3, -0.25) is 0 Å². The minimum Gasteiger partial charge on any atom is -0.376 e. The molecule has 0 saturated heterocycles. The summed E-state index contributed by atoms with van der Waals surface area (Å²) in [6, 6.07) is 19.6. The average Bonchev–Trinajstić information content (AvgIpc) is 3.02. The summed E-state index contributed by atoms with van der Waals surface area (Å²) in [5.41, 5.74) is 5.15. The number of para-hydroxylation sites is 2. The van der Waals surface area contributed by atoms with Crippen molar-refractivity contribution < 1.29 is 0 Å². The second-order valence-corrected chi connectivity index (χ2v) is 4.87. The number of hydrogen-bond donors (Lipinski definition) is 2. The summed E-state index contributed by atoms with van der Waals surface area (Å²) in [6.45, 7) is 0. The van der Waals surface area contributed by atoms with Crippen LogP contribution < -0.4 is 5.32 Å². The van der Waals surface area contributed by atoms with Gasteiger partial charge in [0.2, 0.25) is 0 Å². The number of H-pyrrole nitrogens is 1. The largest absolute Gasteiger partial charge is 0.376 e. The summed E-state index contributed by atoms with van der Waals surface area (Å²) < 4.78 is 0. The van der Waals surface area contributed by atoms with E-state index in [1.54, 1.807) is 0 Å². The van der Waals surface area contributed by atoms with Crippen LogP contribution in [-0.2, 0) is 6.42 Å². The summed E-state index contributed by atoms with van der Waals surface area (Å²) in [4.78, 5) is 3.51. The van der Waals surface area contributed by atoms with Gasteiger partial charge in [0.05, 0.1) is 6.04 Å². The Kier molecular flexibility index (Phi) is 1.97. The second-order valence-electron chi connectivity index (χ2n) is 4.87. The zero-order valence-electron chi connectivity index (χ0n) is 9.98. The van der Waals surface area contributed by atoms with Crippen molar-refractivity contribution in [2.45, 2.75) is 12.5 Å². The third-order valence-electron chi connectivity index (χ3n) is 3.70. The molecule has 1 aliphatic heterocycles. The molecule has 0 radical (unpaired) electrons. The molecule has 1 aromatic heterocycles. The van der Waals surface area contributed by atoms with E-state index in [-0.39, 0.29) is 0 Å². The molecule has 4 rings (SSSR count). The molecule has 2 N–H and O–H groups in total. The predicted molar refractivity (Wildman–Crippen MR) is 74.8 cm³/mol. The molecule has 1 atom stereocenters. The van der Waals surface area contributed by atoms with E-state index < -0.39 is 0 Å². The van der Waals surface area contributed by atoms with Gasteiger partial charge in [0.1, 0.15) is 0 Å². The highest BCUT2D eigenvalue weighted by molar-refractivity contribution is 5.80. The lowest BCUT2D eigenvalue weighted by Gasteiger charge is -2.08. The number of benzene rings is 2. The van der Waals surface area contributed by atoms with E-state index in [4.69, 9.17) is 0 Å². The summed E-state index contributed by atoms with van der Waals surface area (Å²) in [5, 5.41) is 4.86. The lowest BCUT2D eigenvalue weighted by molar-refractivity contribution is 0.799. The van der Waals surface area contributed by atoms with Crippen molar-refractivity contribution in [1.29, 1.82) is 0 Å². The normalized spacial score (nSPS) is 17.7. The SMILES string of the molecule is c1ccc2c(c1)C[C@@H](c1cc3ccccc3[nH]1)N2. The standard InChI is InChI=1S/C16H14N2/c1-3-7-13-11(5-1)9-15(17-13)16-10-12-6-2-4-8-14(12)18-16/h1-9,16-18H,10H2/t16-/m0/s1. The van der Waals surface area contributed by atoms with Crippen molar-refractivity contribution in [1.82, 2.24) is 4.98 Å². The molecule has 1 aliphatic rings. The molecule has 0 aliphatic carbocycles. The van der Waals surface area contributed by atoms with E-state index in [0.717, 1.165) is 6.42 Å². The lowest BCUT2D eigenvalue weighted by atomic mass is 10.1. The van der Waals surface area contributed by atoms with Crippen LogP contribution >= 0.6 is 0 Å². The zero-order valence-corrected chi connectivity index (χ0v) is 9.98. The minimum absolute atomic E-state index is 0.370. The van der Waals surface area contributed by atoms with Gasteiger partial charge in [0.15, 0.2) is 0 Å². The van der Waals surface area contributed by atoms with Crippen LogP contribution in [0.3, 0.4) is 0 Å². The summed E-state index contributed by atoms with van der Waals surface area (Å²) in [5.74, 6) is 0. The number of aromatic nitrogens is 1. The first-order chi connectivity index (χ1) is 8.90. The Bertz CT molecular complexity index is 654. The van der Waals surface area contributed by atoms with Crippen molar-refractivity contribution in [3.8, 4) is 0 Å². The van der Waals surface area contributed by atoms with Crippen molar-refractivity contribution in [2.75, 3.05) is 5.32 Å². The highest BCUT2D eigenvalue weighted by Gasteiger charge is 2.22. The van der Waals surface area contributed by atoms with Gasteiger partial charge >= 0.3 is 0 Å². The molecule has 2 aromatic carbocycles. The van der Waals surface area contributed by atoms with E-state index in [1.165, 1.54) is 27.8 Å². The van der Waals surface area contributed by atoms with Crippen molar-refractivity contribution in [3.63, 3.8) is 0 Å². The average molecular weight is 234 g/mol. The number of anilines is 1.